The fourth-order valence-electron chi connectivity index (χ4n) is 1.55. The Kier molecular flexibility index (Phi) is 4.73. The lowest BCUT2D eigenvalue weighted by molar-refractivity contribution is -0.115. The summed E-state index contributed by atoms with van der Waals surface area (Å²) in [5.41, 5.74) is 2.05. The number of rotatable bonds is 6. The molecule has 2 aromatic carbocycles. The van der Waals surface area contributed by atoms with Crippen LogP contribution >= 0.6 is 12.2 Å². The van der Waals surface area contributed by atoms with Gasteiger partial charge in [-0.2, -0.15) is 5.01 Å². The van der Waals surface area contributed by atoms with E-state index in [1.807, 2.05) is 18.2 Å². The van der Waals surface area contributed by atoms with E-state index in [0.717, 1.165) is 5.69 Å². The van der Waals surface area contributed by atoms with Crippen LogP contribution in [0.3, 0.4) is 0 Å². The maximum absolute atomic E-state index is 11.0. The predicted octanol–water partition coefficient (Wildman–Crippen LogP) is 3.97. The molecular formula is C12H11N3O3S. The van der Waals surface area contributed by atoms with Gasteiger partial charge in [-0.05, 0) is 36.4 Å². The van der Waals surface area contributed by atoms with Crippen LogP contribution in [0.1, 0.15) is 0 Å². The summed E-state index contributed by atoms with van der Waals surface area (Å²) in [5, 5.41) is 12.5. The van der Waals surface area contributed by atoms with Crippen molar-refractivity contribution in [1.82, 2.24) is 0 Å². The van der Waals surface area contributed by atoms with Crippen molar-refractivity contribution in [3.05, 3.63) is 59.5 Å². The van der Waals surface area contributed by atoms with Gasteiger partial charge in [0.1, 0.15) is 12.2 Å². The number of nitrogens with one attached hydrogen (secondary N) is 1. The minimum absolute atomic E-state index is 0.640. The molecule has 19 heavy (non-hydrogen) atoms. The standard InChI is InChI=1S/C12H11N3O3S/c16-14-15(11-4-2-1-3-5-11)12-8-6-10(7-9-12)13-19-18-17/h1-9,13,17H. The van der Waals surface area contributed by atoms with Gasteiger partial charge in [0.15, 0.2) is 0 Å². The topological polar surface area (TPSA) is 74.2 Å². The summed E-state index contributed by atoms with van der Waals surface area (Å²) in [4.78, 5) is 11.0. The van der Waals surface area contributed by atoms with Crippen LogP contribution in [0.25, 0.3) is 0 Å². The number of nitroso groups, excluding NO2 is 1. The second-order valence-electron chi connectivity index (χ2n) is 3.54. The first kappa shape index (κ1) is 13.3. The second kappa shape index (κ2) is 6.74. The summed E-state index contributed by atoms with van der Waals surface area (Å²) >= 11 is 0.684. The molecular weight excluding hydrogens is 266 g/mol. The van der Waals surface area contributed by atoms with Crippen molar-refractivity contribution in [2.45, 2.75) is 0 Å². The lowest BCUT2D eigenvalue weighted by Gasteiger charge is -2.15. The smallest absolute Gasteiger partial charge is 0.148 e. The Labute approximate surface area is 114 Å². The Hall–Kier alpha value is -2.09. The lowest BCUT2D eigenvalue weighted by atomic mass is 10.2. The SMILES string of the molecule is O=NN(c1ccccc1)c1ccc(NSOO)cc1. The molecule has 0 heterocycles. The van der Waals surface area contributed by atoms with Crippen LogP contribution in [0.4, 0.5) is 17.1 Å². The third-order valence-electron chi connectivity index (χ3n) is 2.39. The van der Waals surface area contributed by atoms with Gasteiger partial charge >= 0.3 is 0 Å². The molecule has 2 N–H and O–H groups in total. The first-order valence-corrected chi connectivity index (χ1v) is 6.11. The van der Waals surface area contributed by atoms with E-state index in [9.17, 15) is 4.91 Å². The molecule has 0 spiro atoms. The van der Waals surface area contributed by atoms with Crippen molar-refractivity contribution < 1.29 is 9.59 Å². The summed E-state index contributed by atoms with van der Waals surface area (Å²) in [6.45, 7) is 0. The Balaban J connectivity index is 2.18. The summed E-state index contributed by atoms with van der Waals surface area (Å²) < 4.78 is 6.58. The van der Waals surface area contributed by atoms with Crippen molar-refractivity contribution in [2.24, 2.45) is 5.29 Å². The van der Waals surface area contributed by atoms with E-state index in [1.54, 1.807) is 36.4 Å². The van der Waals surface area contributed by atoms with Crippen LogP contribution < -0.4 is 9.73 Å². The molecule has 0 aliphatic heterocycles. The Morgan fingerprint density at radius 2 is 1.68 bits per heavy atom. The zero-order valence-corrected chi connectivity index (χ0v) is 10.6. The fourth-order valence-corrected chi connectivity index (χ4v) is 1.82. The average molecular weight is 277 g/mol. The molecule has 0 aromatic heterocycles. The van der Waals surface area contributed by atoms with E-state index in [1.165, 1.54) is 5.01 Å². The van der Waals surface area contributed by atoms with Crippen LogP contribution in [0, 0.1) is 4.91 Å². The molecule has 0 aliphatic rings. The number of benzene rings is 2. The van der Waals surface area contributed by atoms with Crippen LogP contribution in [-0.4, -0.2) is 5.26 Å². The molecule has 0 unspecified atom stereocenters. The molecule has 2 rings (SSSR count). The molecule has 0 aliphatic carbocycles. The van der Waals surface area contributed by atoms with Crippen molar-refractivity contribution in [1.29, 1.82) is 0 Å². The van der Waals surface area contributed by atoms with Crippen molar-refractivity contribution in [3.8, 4) is 0 Å². The molecule has 0 bridgehead atoms. The summed E-state index contributed by atoms with van der Waals surface area (Å²) in [6, 6.07) is 16.1. The van der Waals surface area contributed by atoms with Gasteiger partial charge in [0, 0.05) is 5.69 Å². The quantitative estimate of drug-likeness (QED) is 0.273. The van der Waals surface area contributed by atoms with Crippen molar-refractivity contribution in [3.63, 3.8) is 0 Å². The van der Waals surface area contributed by atoms with Gasteiger partial charge < -0.3 is 4.72 Å². The molecule has 2 aromatic rings. The maximum atomic E-state index is 11.0. The highest BCUT2D eigenvalue weighted by Gasteiger charge is 2.08. The first-order valence-electron chi connectivity index (χ1n) is 5.37. The van der Waals surface area contributed by atoms with E-state index in [0.29, 0.717) is 23.6 Å². The van der Waals surface area contributed by atoms with Crippen LogP contribution in [0.15, 0.2) is 59.9 Å². The number of hydrogen-bond acceptors (Lipinski definition) is 6. The number of anilines is 3. The van der Waals surface area contributed by atoms with Gasteiger partial charge in [-0.1, -0.05) is 18.2 Å². The zero-order valence-electron chi connectivity index (χ0n) is 9.76. The first-order chi connectivity index (χ1) is 9.35. The molecule has 0 saturated carbocycles. The molecule has 98 valence electrons. The third kappa shape index (κ3) is 3.44. The largest absolute Gasteiger partial charge is 0.304 e. The van der Waals surface area contributed by atoms with Crippen LogP contribution in [0.2, 0.25) is 0 Å². The lowest BCUT2D eigenvalue weighted by Crippen LogP contribution is -2.07. The normalized spacial score (nSPS) is 9.95. The molecule has 0 radical (unpaired) electrons. The molecule has 0 fully saturated rings. The Bertz CT molecular complexity index is 522. The summed E-state index contributed by atoms with van der Waals surface area (Å²) in [6.07, 6.45) is 0. The average Bonchev–Trinajstić information content (AvgIpc) is 2.48. The number of para-hydroxylation sites is 1. The second-order valence-corrected chi connectivity index (χ2v) is 4.06. The van der Waals surface area contributed by atoms with Crippen LogP contribution in [-0.2, 0) is 4.33 Å². The predicted molar refractivity (Wildman–Crippen MR) is 75.7 cm³/mol. The molecule has 0 saturated heterocycles. The fraction of sp³-hybridized carbons (Fsp3) is 0. The van der Waals surface area contributed by atoms with Gasteiger partial charge in [0.2, 0.25) is 0 Å². The van der Waals surface area contributed by atoms with Gasteiger partial charge in [-0.25, -0.2) is 5.26 Å². The zero-order chi connectivity index (χ0) is 13.5. The minimum atomic E-state index is 0.640. The van der Waals surface area contributed by atoms with E-state index >= 15 is 0 Å². The van der Waals surface area contributed by atoms with Gasteiger partial charge in [-0.3, -0.25) is 0 Å². The van der Waals surface area contributed by atoms with E-state index in [-0.39, 0.29) is 0 Å². The van der Waals surface area contributed by atoms with Gasteiger partial charge in [0.05, 0.1) is 16.7 Å². The van der Waals surface area contributed by atoms with Gasteiger partial charge in [-0.15, -0.1) is 9.24 Å². The molecule has 6 nitrogen and oxygen atoms in total. The molecule has 0 amide bonds. The number of hydrogen-bond donors (Lipinski definition) is 2. The Morgan fingerprint density at radius 1 is 1.05 bits per heavy atom. The highest BCUT2D eigenvalue weighted by atomic mass is 32.2. The molecule has 7 heteroatoms. The van der Waals surface area contributed by atoms with E-state index in [2.05, 4.69) is 14.3 Å². The maximum Gasteiger partial charge on any atom is 0.148 e. The van der Waals surface area contributed by atoms with Crippen molar-refractivity contribution in [2.75, 3.05) is 9.73 Å². The summed E-state index contributed by atoms with van der Waals surface area (Å²) in [7, 11) is 0. The van der Waals surface area contributed by atoms with Crippen LogP contribution in [0.5, 0.6) is 0 Å². The molecule has 0 atom stereocenters. The van der Waals surface area contributed by atoms with E-state index < -0.39 is 0 Å². The highest BCUT2D eigenvalue weighted by molar-refractivity contribution is 7.95. The Morgan fingerprint density at radius 3 is 2.26 bits per heavy atom. The highest BCUT2D eigenvalue weighted by Crippen LogP contribution is 2.27. The monoisotopic (exact) mass is 277 g/mol. The minimum Gasteiger partial charge on any atom is -0.304 e. The third-order valence-corrected chi connectivity index (χ3v) is 2.78. The number of nitrogens with zero attached hydrogens (tertiary/aromatic N) is 2. The van der Waals surface area contributed by atoms with Gasteiger partial charge in [0.25, 0.3) is 0 Å². The summed E-state index contributed by atoms with van der Waals surface area (Å²) in [5.74, 6) is 0. The van der Waals surface area contributed by atoms with E-state index in [4.69, 9.17) is 5.26 Å². The van der Waals surface area contributed by atoms with Crippen molar-refractivity contribution >= 4 is 29.3 Å².